The van der Waals surface area contributed by atoms with E-state index in [9.17, 15) is 18.0 Å². The number of nitrogens with zero attached hydrogens (tertiary/aromatic N) is 8. The maximum Gasteiger partial charge on any atom is 0.452 e. The fraction of sp³-hybridized carbons (Fsp3) is 0.350. The number of nitrogens with two attached hydrogens (primary N) is 2. The number of hydrogen-bond acceptors (Lipinski definition) is 8. The monoisotopic (exact) mass is 476 g/mol. The molecule has 3 heterocycles. The minimum atomic E-state index is -4.85. The number of carbonyl (C=O) groups is 1. The third-order valence-electron chi connectivity index (χ3n) is 5.52. The Labute approximate surface area is 193 Å². The van der Waals surface area contributed by atoms with Crippen LogP contribution < -0.4 is 21.6 Å². The largest absolute Gasteiger partial charge is 0.452 e. The minimum absolute atomic E-state index is 0.158. The highest BCUT2D eigenvalue weighted by atomic mass is 19.4. The molecule has 11 nitrogen and oxygen atoms in total. The quantitative estimate of drug-likeness (QED) is 0.298. The molecule has 0 bridgehead atoms. The van der Waals surface area contributed by atoms with E-state index in [0.29, 0.717) is 32.6 Å². The summed E-state index contributed by atoms with van der Waals surface area (Å²) in [5, 5.41) is 8.75. The first-order valence-corrected chi connectivity index (χ1v) is 10.4. The number of halogens is 3. The zero-order valence-electron chi connectivity index (χ0n) is 18.0. The van der Waals surface area contributed by atoms with Gasteiger partial charge in [-0.2, -0.15) is 28.4 Å². The molecular weight excluding hydrogens is 453 g/mol. The molecule has 2 aromatic rings. The van der Waals surface area contributed by atoms with Crippen LogP contribution in [0.1, 0.15) is 18.0 Å². The van der Waals surface area contributed by atoms with Gasteiger partial charge >= 0.3 is 12.2 Å². The standard InChI is InChI=1S/C20H23F3N10O/c21-20(22,23)17(29-24)32(25)16-7-8-26-18(28-16)30-10-12-31(13-11-30)19(34)33-15(6-9-27-33)14-4-2-1-3-5-14/h1-5,7-9,15H,6,10-13,24-25H2/b29-17-. The van der Waals surface area contributed by atoms with Crippen LogP contribution in [0.5, 0.6) is 0 Å². The van der Waals surface area contributed by atoms with Crippen molar-refractivity contribution in [3.8, 4) is 0 Å². The number of carbonyl (C=O) groups excluding carboxylic acids is 1. The SMILES string of the molecule is N/N=C(\N(N)c1ccnc(N2CCN(C(=O)N3N=CCC3c3ccccc3)CC2)n1)C(F)(F)F. The highest BCUT2D eigenvalue weighted by Gasteiger charge is 2.40. The third-order valence-corrected chi connectivity index (χ3v) is 5.52. The summed E-state index contributed by atoms with van der Waals surface area (Å²) in [6.07, 6.45) is -1.19. The van der Waals surface area contributed by atoms with Gasteiger partial charge in [0.05, 0.1) is 6.04 Å². The molecule has 34 heavy (non-hydrogen) atoms. The molecule has 1 atom stereocenters. The summed E-state index contributed by atoms with van der Waals surface area (Å²) in [6.45, 7) is 1.49. The second-order valence-electron chi connectivity index (χ2n) is 7.60. The van der Waals surface area contributed by atoms with Crippen LogP contribution in [0.3, 0.4) is 0 Å². The third kappa shape index (κ3) is 4.71. The predicted molar refractivity (Wildman–Crippen MR) is 120 cm³/mol. The Morgan fingerprint density at radius 3 is 2.47 bits per heavy atom. The van der Waals surface area contributed by atoms with E-state index in [1.165, 1.54) is 17.3 Å². The molecule has 0 saturated carbocycles. The fourth-order valence-electron chi connectivity index (χ4n) is 3.80. The number of anilines is 2. The molecule has 0 aliphatic carbocycles. The smallest absolute Gasteiger partial charge is 0.337 e. The second kappa shape index (κ2) is 9.51. The van der Waals surface area contributed by atoms with Crippen molar-refractivity contribution in [2.45, 2.75) is 18.6 Å². The van der Waals surface area contributed by atoms with E-state index in [2.05, 4.69) is 20.2 Å². The van der Waals surface area contributed by atoms with Crippen molar-refractivity contribution in [1.29, 1.82) is 0 Å². The van der Waals surface area contributed by atoms with Crippen molar-refractivity contribution in [2.24, 2.45) is 21.9 Å². The summed E-state index contributed by atoms with van der Waals surface area (Å²) in [5.74, 6) is 8.88. The van der Waals surface area contributed by atoms with Gasteiger partial charge in [-0.15, -0.1) is 0 Å². The van der Waals surface area contributed by atoms with E-state index in [-0.39, 0.29) is 28.8 Å². The van der Waals surface area contributed by atoms with Crippen LogP contribution in [0.15, 0.2) is 52.8 Å². The number of hydrogen-bond donors (Lipinski definition) is 2. The number of amidine groups is 1. The van der Waals surface area contributed by atoms with Gasteiger partial charge < -0.3 is 15.6 Å². The summed E-state index contributed by atoms with van der Waals surface area (Å²) in [6, 6.07) is 10.5. The Hall–Kier alpha value is -3.94. The van der Waals surface area contributed by atoms with Crippen LogP contribution >= 0.6 is 0 Å². The van der Waals surface area contributed by atoms with Gasteiger partial charge in [0.25, 0.3) is 0 Å². The second-order valence-corrected chi connectivity index (χ2v) is 7.60. The number of amides is 2. The van der Waals surface area contributed by atoms with E-state index in [4.69, 9.17) is 11.7 Å². The molecule has 1 saturated heterocycles. The predicted octanol–water partition coefficient (Wildman–Crippen LogP) is 1.67. The number of hydrazone groups is 2. The Kier molecular flexibility index (Phi) is 6.49. The molecule has 180 valence electrons. The molecule has 2 amide bonds. The maximum atomic E-state index is 13.1. The van der Waals surface area contributed by atoms with Crippen molar-refractivity contribution in [3.63, 3.8) is 0 Å². The first kappa shape index (κ1) is 23.2. The summed E-state index contributed by atoms with van der Waals surface area (Å²) in [4.78, 5) is 24.8. The number of urea groups is 1. The van der Waals surface area contributed by atoms with Crippen molar-refractivity contribution in [2.75, 3.05) is 36.1 Å². The number of rotatable bonds is 3. The van der Waals surface area contributed by atoms with Crippen molar-refractivity contribution >= 4 is 29.8 Å². The number of hydrazine groups is 1. The summed E-state index contributed by atoms with van der Waals surface area (Å²) in [5.41, 5.74) is 1.00. The first-order chi connectivity index (χ1) is 16.3. The van der Waals surface area contributed by atoms with Crippen LogP contribution in [-0.2, 0) is 0 Å². The van der Waals surface area contributed by atoms with E-state index in [1.54, 1.807) is 16.0 Å². The van der Waals surface area contributed by atoms with Gasteiger partial charge in [-0.3, -0.25) is 0 Å². The minimum Gasteiger partial charge on any atom is -0.337 e. The molecule has 14 heteroatoms. The lowest BCUT2D eigenvalue weighted by molar-refractivity contribution is -0.0604. The lowest BCUT2D eigenvalue weighted by Crippen LogP contribution is -2.52. The molecule has 1 aromatic heterocycles. The van der Waals surface area contributed by atoms with Crippen LogP contribution in [0, 0.1) is 0 Å². The van der Waals surface area contributed by atoms with Crippen molar-refractivity contribution < 1.29 is 18.0 Å². The Morgan fingerprint density at radius 2 is 1.82 bits per heavy atom. The highest BCUT2D eigenvalue weighted by Crippen LogP contribution is 2.29. The van der Waals surface area contributed by atoms with E-state index in [1.807, 2.05) is 30.3 Å². The van der Waals surface area contributed by atoms with Crippen LogP contribution in [0.25, 0.3) is 0 Å². The topological polar surface area (TPSA) is 133 Å². The summed E-state index contributed by atoms with van der Waals surface area (Å²) < 4.78 is 39.2. The highest BCUT2D eigenvalue weighted by molar-refractivity contribution is 5.99. The van der Waals surface area contributed by atoms with Crippen LogP contribution in [0.4, 0.5) is 29.7 Å². The number of alkyl halides is 3. The molecule has 4 rings (SSSR count). The molecule has 0 spiro atoms. The Bertz CT molecular complexity index is 1070. The molecule has 2 aliphatic rings. The zero-order valence-corrected chi connectivity index (χ0v) is 18.0. The van der Waals surface area contributed by atoms with E-state index < -0.39 is 12.0 Å². The van der Waals surface area contributed by atoms with E-state index in [0.717, 1.165) is 5.56 Å². The summed E-state index contributed by atoms with van der Waals surface area (Å²) >= 11 is 0. The van der Waals surface area contributed by atoms with Gasteiger partial charge in [0.2, 0.25) is 11.8 Å². The number of piperazine rings is 1. The van der Waals surface area contributed by atoms with Crippen molar-refractivity contribution in [1.82, 2.24) is 19.9 Å². The average Bonchev–Trinajstić information content (AvgIpc) is 3.34. The van der Waals surface area contributed by atoms with Gasteiger partial charge in [-0.05, 0) is 5.56 Å². The Morgan fingerprint density at radius 1 is 1.12 bits per heavy atom. The maximum absolute atomic E-state index is 13.1. The zero-order chi connectivity index (χ0) is 24.3. The van der Waals surface area contributed by atoms with Gasteiger partial charge in [-0.25, -0.2) is 25.6 Å². The molecule has 1 fully saturated rings. The van der Waals surface area contributed by atoms with Gasteiger partial charge in [0.15, 0.2) is 5.82 Å². The lowest BCUT2D eigenvalue weighted by atomic mass is 10.1. The molecule has 4 N–H and O–H groups in total. The molecular formula is C20H23F3N10O. The summed E-state index contributed by atoms with van der Waals surface area (Å²) in [7, 11) is 0. The Balaban J connectivity index is 1.41. The average molecular weight is 476 g/mol. The number of benzene rings is 1. The normalized spacial score (nSPS) is 19.0. The van der Waals surface area contributed by atoms with Gasteiger partial charge in [-0.1, -0.05) is 30.3 Å². The first-order valence-electron chi connectivity index (χ1n) is 10.4. The molecule has 2 aliphatic heterocycles. The van der Waals surface area contributed by atoms with Crippen LogP contribution in [-0.4, -0.2) is 70.3 Å². The van der Waals surface area contributed by atoms with E-state index >= 15 is 0 Å². The fourth-order valence-corrected chi connectivity index (χ4v) is 3.80. The van der Waals surface area contributed by atoms with Crippen LogP contribution in [0.2, 0.25) is 0 Å². The van der Waals surface area contributed by atoms with Gasteiger partial charge in [0, 0.05) is 51.1 Å². The molecule has 1 unspecified atom stereocenters. The molecule has 1 aromatic carbocycles. The lowest BCUT2D eigenvalue weighted by Gasteiger charge is -2.37. The van der Waals surface area contributed by atoms with Crippen molar-refractivity contribution in [3.05, 3.63) is 48.2 Å². The van der Waals surface area contributed by atoms with Gasteiger partial charge in [0.1, 0.15) is 0 Å². The number of aromatic nitrogens is 2. The molecule has 0 radical (unpaired) electrons.